The lowest BCUT2D eigenvalue weighted by Crippen LogP contribution is -2.42. The van der Waals surface area contributed by atoms with E-state index in [1.807, 2.05) is 41.3 Å². The molecule has 31 heavy (non-hydrogen) atoms. The quantitative estimate of drug-likeness (QED) is 0.546. The van der Waals surface area contributed by atoms with Gasteiger partial charge in [0.05, 0.1) is 36.5 Å². The van der Waals surface area contributed by atoms with E-state index in [2.05, 4.69) is 25.2 Å². The summed E-state index contributed by atoms with van der Waals surface area (Å²) in [6.07, 6.45) is 1.92. The van der Waals surface area contributed by atoms with E-state index >= 15 is 0 Å². The molecule has 1 fully saturated rings. The summed E-state index contributed by atoms with van der Waals surface area (Å²) in [4.78, 5) is 20.1. The standard InChI is InChI=1S/C24H29N3O3S/c1-15(2)22(16-11-12-19(29-3)20(14-16)30-4)26-24(28)27-13-7-9-18(27)23-25-17-8-5-6-10-21(17)31-23/h5-6,8,10-12,14-15,18,22H,7,9,13H2,1-4H3,(H,26,28)/t18-,22+/m1/s1. The van der Waals surface area contributed by atoms with Crippen molar-refractivity contribution in [3.8, 4) is 11.5 Å². The van der Waals surface area contributed by atoms with Crippen LogP contribution in [0.5, 0.6) is 11.5 Å². The van der Waals surface area contributed by atoms with Crippen molar-refractivity contribution in [3.05, 3.63) is 53.0 Å². The van der Waals surface area contributed by atoms with Gasteiger partial charge in [-0.25, -0.2) is 9.78 Å². The Kier molecular flexibility index (Phi) is 6.32. The van der Waals surface area contributed by atoms with Crippen LogP contribution < -0.4 is 14.8 Å². The fourth-order valence-electron chi connectivity index (χ4n) is 4.20. The summed E-state index contributed by atoms with van der Waals surface area (Å²) in [5, 5.41) is 4.28. The monoisotopic (exact) mass is 439 g/mol. The van der Waals surface area contributed by atoms with Gasteiger partial charge >= 0.3 is 6.03 Å². The van der Waals surface area contributed by atoms with E-state index in [1.165, 1.54) is 0 Å². The fourth-order valence-corrected chi connectivity index (χ4v) is 5.31. The van der Waals surface area contributed by atoms with Crippen molar-refractivity contribution in [2.24, 2.45) is 5.92 Å². The maximum atomic E-state index is 13.3. The zero-order chi connectivity index (χ0) is 22.0. The van der Waals surface area contributed by atoms with Crippen LogP contribution in [0.25, 0.3) is 10.2 Å². The Bertz CT molecular complexity index is 1030. The SMILES string of the molecule is COc1ccc([C@@H](NC(=O)N2CCC[C@@H]2c2nc3ccccc3s2)C(C)C)cc1OC. The normalized spacial score (nSPS) is 17.2. The molecule has 0 saturated carbocycles. The minimum absolute atomic E-state index is 0.0237. The molecule has 2 atom stereocenters. The van der Waals surface area contributed by atoms with Crippen LogP contribution in [0, 0.1) is 5.92 Å². The van der Waals surface area contributed by atoms with Crippen molar-refractivity contribution in [1.82, 2.24) is 15.2 Å². The van der Waals surface area contributed by atoms with Gasteiger partial charge in [0.2, 0.25) is 0 Å². The van der Waals surface area contributed by atoms with Gasteiger partial charge in [-0.05, 0) is 48.6 Å². The molecular formula is C24H29N3O3S. The number of benzene rings is 2. The minimum atomic E-state index is -0.135. The van der Waals surface area contributed by atoms with Gasteiger partial charge in [-0.1, -0.05) is 32.0 Å². The molecule has 0 spiro atoms. The largest absolute Gasteiger partial charge is 0.493 e. The first-order valence-electron chi connectivity index (χ1n) is 10.7. The van der Waals surface area contributed by atoms with E-state index < -0.39 is 0 Å². The third kappa shape index (κ3) is 4.32. The third-order valence-electron chi connectivity index (χ3n) is 5.82. The number of fused-ring (bicyclic) bond motifs is 1. The average molecular weight is 440 g/mol. The Balaban J connectivity index is 1.55. The number of amides is 2. The van der Waals surface area contributed by atoms with E-state index in [9.17, 15) is 4.79 Å². The number of hydrogen-bond donors (Lipinski definition) is 1. The lowest BCUT2D eigenvalue weighted by Gasteiger charge is -2.29. The number of carbonyl (C=O) groups excluding carboxylic acids is 1. The number of carbonyl (C=O) groups is 1. The molecule has 0 radical (unpaired) electrons. The molecule has 0 aliphatic carbocycles. The Morgan fingerprint density at radius 3 is 2.65 bits per heavy atom. The molecule has 1 aliphatic heterocycles. The van der Waals surface area contributed by atoms with Crippen LogP contribution in [0.4, 0.5) is 4.79 Å². The van der Waals surface area contributed by atoms with Gasteiger partial charge < -0.3 is 19.7 Å². The number of aromatic nitrogens is 1. The lowest BCUT2D eigenvalue weighted by molar-refractivity contribution is 0.185. The van der Waals surface area contributed by atoms with Gasteiger partial charge in [-0.15, -0.1) is 11.3 Å². The van der Waals surface area contributed by atoms with E-state index in [0.29, 0.717) is 11.5 Å². The predicted molar refractivity (Wildman–Crippen MR) is 124 cm³/mol. The van der Waals surface area contributed by atoms with Gasteiger partial charge in [-0.3, -0.25) is 0 Å². The number of ether oxygens (including phenoxy) is 2. The van der Waals surface area contributed by atoms with E-state index in [0.717, 1.165) is 40.2 Å². The van der Waals surface area contributed by atoms with Crippen molar-refractivity contribution in [1.29, 1.82) is 0 Å². The molecule has 3 aromatic rings. The number of nitrogens with zero attached hydrogens (tertiary/aromatic N) is 2. The molecule has 1 aliphatic rings. The second-order valence-electron chi connectivity index (χ2n) is 8.16. The summed E-state index contributed by atoms with van der Waals surface area (Å²) in [5.74, 6) is 1.55. The molecular weight excluding hydrogens is 410 g/mol. The van der Waals surface area contributed by atoms with Crippen LogP contribution >= 0.6 is 11.3 Å². The number of para-hydroxylation sites is 1. The molecule has 0 bridgehead atoms. The van der Waals surface area contributed by atoms with Gasteiger partial charge in [0.25, 0.3) is 0 Å². The van der Waals surface area contributed by atoms with Crippen LogP contribution in [0.1, 0.15) is 49.3 Å². The van der Waals surface area contributed by atoms with E-state index in [1.54, 1.807) is 25.6 Å². The Morgan fingerprint density at radius 1 is 1.16 bits per heavy atom. The molecule has 1 aromatic heterocycles. The average Bonchev–Trinajstić information content (AvgIpc) is 3.43. The first-order valence-corrected chi connectivity index (χ1v) is 11.5. The van der Waals surface area contributed by atoms with Crippen LogP contribution in [-0.4, -0.2) is 36.7 Å². The predicted octanol–water partition coefficient (Wildman–Crippen LogP) is 5.56. The zero-order valence-electron chi connectivity index (χ0n) is 18.4. The Labute approximate surface area is 187 Å². The van der Waals surface area contributed by atoms with Crippen molar-refractivity contribution in [2.45, 2.75) is 38.8 Å². The third-order valence-corrected chi connectivity index (χ3v) is 6.96. The zero-order valence-corrected chi connectivity index (χ0v) is 19.2. The Hall–Kier alpha value is -2.80. The molecule has 1 saturated heterocycles. The second kappa shape index (κ2) is 9.14. The maximum absolute atomic E-state index is 13.3. The van der Waals surface area contributed by atoms with Crippen LogP contribution in [0.3, 0.4) is 0 Å². The highest BCUT2D eigenvalue weighted by Gasteiger charge is 2.34. The number of hydrogen-bond acceptors (Lipinski definition) is 5. The number of rotatable bonds is 6. The van der Waals surface area contributed by atoms with Crippen LogP contribution in [0.15, 0.2) is 42.5 Å². The minimum Gasteiger partial charge on any atom is -0.493 e. The van der Waals surface area contributed by atoms with Gasteiger partial charge in [0.15, 0.2) is 11.5 Å². The van der Waals surface area contributed by atoms with Gasteiger partial charge in [-0.2, -0.15) is 0 Å². The lowest BCUT2D eigenvalue weighted by atomic mass is 9.95. The van der Waals surface area contributed by atoms with Crippen LogP contribution in [0.2, 0.25) is 0 Å². The summed E-state index contributed by atoms with van der Waals surface area (Å²) >= 11 is 1.68. The number of urea groups is 1. The van der Waals surface area contributed by atoms with Gasteiger partial charge in [0.1, 0.15) is 5.01 Å². The van der Waals surface area contributed by atoms with E-state index in [-0.39, 0.29) is 24.0 Å². The topological polar surface area (TPSA) is 63.7 Å². The van der Waals surface area contributed by atoms with Crippen molar-refractivity contribution >= 4 is 27.6 Å². The van der Waals surface area contributed by atoms with Gasteiger partial charge in [0, 0.05) is 6.54 Å². The molecule has 2 aromatic carbocycles. The number of nitrogens with one attached hydrogen (secondary N) is 1. The van der Waals surface area contributed by atoms with Crippen molar-refractivity contribution in [2.75, 3.05) is 20.8 Å². The number of thiazole rings is 1. The summed E-state index contributed by atoms with van der Waals surface area (Å²) in [5.41, 5.74) is 2.00. The number of methoxy groups -OCH3 is 2. The molecule has 2 amide bonds. The summed E-state index contributed by atoms with van der Waals surface area (Å²) in [7, 11) is 3.24. The molecule has 1 N–H and O–H groups in total. The molecule has 2 heterocycles. The fraction of sp³-hybridized carbons (Fsp3) is 0.417. The molecule has 7 heteroatoms. The first-order chi connectivity index (χ1) is 15.0. The smallest absolute Gasteiger partial charge is 0.318 e. The first kappa shape index (κ1) is 21.4. The molecule has 164 valence electrons. The summed E-state index contributed by atoms with van der Waals surface area (Å²) in [6.45, 7) is 4.95. The summed E-state index contributed by atoms with van der Waals surface area (Å²) < 4.78 is 12.0. The highest BCUT2D eigenvalue weighted by molar-refractivity contribution is 7.18. The van der Waals surface area contributed by atoms with E-state index in [4.69, 9.17) is 14.5 Å². The highest BCUT2D eigenvalue weighted by Crippen LogP contribution is 2.37. The summed E-state index contributed by atoms with van der Waals surface area (Å²) in [6, 6.07) is 13.8. The number of likely N-dealkylation sites (tertiary alicyclic amines) is 1. The molecule has 0 unspecified atom stereocenters. The van der Waals surface area contributed by atoms with Crippen LogP contribution in [-0.2, 0) is 0 Å². The molecule has 4 rings (SSSR count). The molecule has 6 nitrogen and oxygen atoms in total. The van der Waals surface area contributed by atoms with Crippen molar-refractivity contribution < 1.29 is 14.3 Å². The second-order valence-corrected chi connectivity index (χ2v) is 9.22. The van der Waals surface area contributed by atoms with Crippen molar-refractivity contribution in [3.63, 3.8) is 0 Å². The highest BCUT2D eigenvalue weighted by atomic mass is 32.1. The maximum Gasteiger partial charge on any atom is 0.318 e. The Morgan fingerprint density at radius 2 is 1.94 bits per heavy atom.